The molecule has 0 amide bonds. The van der Waals surface area contributed by atoms with Crippen LogP contribution in [0.1, 0.15) is 11.1 Å². The topological polar surface area (TPSA) is 51.8 Å². The molecule has 0 unspecified atom stereocenters. The number of fused-ring (bicyclic) bond motifs is 6. The lowest BCUT2D eigenvalue weighted by Gasteiger charge is -2.12. The smallest absolute Gasteiger partial charge is 0.164 e. The van der Waals surface area contributed by atoms with Gasteiger partial charge in [0.1, 0.15) is 11.2 Å². The minimum Gasteiger partial charge on any atom is -0.456 e. The lowest BCUT2D eigenvalue weighted by molar-refractivity contribution is 0.669. The van der Waals surface area contributed by atoms with Gasteiger partial charge in [-0.05, 0) is 64.1 Å². The van der Waals surface area contributed by atoms with Crippen LogP contribution in [0.15, 0.2) is 144 Å². The summed E-state index contributed by atoms with van der Waals surface area (Å²) in [4.78, 5) is 14.9. The second-order valence-corrected chi connectivity index (χ2v) is 11.2. The summed E-state index contributed by atoms with van der Waals surface area (Å²) in [5, 5.41) is 2.19. The maximum Gasteiger partial charge on any atom is 0.164 e. The molecule has 6 aromatic carbocycles. The van der Waals surface area contributed by atoms with Crippen molar-refractivity contribution in [2.24, 2.45) is 0 Å². The van der Waals surface area contributed by atoms with E-state index in [1.807, 2.05) is 72.8 Å². The third kappa shape index (κ3) is 4.03. The molecule has 1 aliphatic carbocycles. The van der Waals surface area contributed by atoms with E-state index in [4.69, 9.17) is 19.4 Å². The number of hydrogen-bond acceptors (Lipinski definition) is 4. The lowest BCUT2D eigenvalue weighted by atomic mass is 9.93. The average molecular weight is 564 g/mol. The van der Waals surface area contributed by atoms with Crippen LogP contribution in [0, 0.1) is 0 Å². The highest BCUT2D eigenvalue weighted by atomic mass is 16.3. The van der Waals surface area contributed by atoms with Crippen molar-refractivity contribution < 1.29 is 4.42 Å². The molecular weight excluding hydrogens is 538 g/mol. The summed E-state index contributed by atoms with van der Waals surface area (Å²) in [5.41, 5.74) is 12.0. The Labute approximate surface area is 254 Å². The Morgan fingerprint density at radius 2 is 1.00 bits per heavy atom. The van der Waals surface area contributed by atoms with Crippen molar-refractivity contribution >= 4 is 21.9 Å². The van der Waals surface area contributed by atoms with Crippen LogP contribution in [0.2, 0.25) is 0 Å². The Hall–Kier alpha value is -5.87. The molecule has 8 aromatic rings. The number of rotatable bonds is 4. The van der Waals surface area contributed by atoms with Gasteiger partial charge in [-0.2, -0.15) is 0 Å². The molecule has 0 radical (unpaired) electrons. The molecule has 206 valence electrons. The second kappa shape index (κ2) is 9.85. The van der Waals surface area contributed by atoms with Crippen molar-refractivity contribution in [2.45, 2.75) is 6.42 Å². The van der Waals surface area contributed by atoms with Gasteiger partial charge >= 0.3 is 0 Å². The van der Waals surface area contributed by atoms with Gasteiger partial charge in [-0.25, -0.2) is 15.0 Å². The highest BCUT2D eigenvalue weighted by Gasteiger charge is 2.22. The second-order valence-electron chi connectivity index (χ2n) is 11.2. The quantitative estimate of drug-likeness (QED) is 0.214. The Kier molecular flexibility index (Phi) is 5.53. The van der Waals surface area contributed by atoms with Crippen LogP contribution in [0.4, 0.5) is 0 Å². The van der Waals surface area contributed by atoms with Crippen molar-refractivity contribution in [3.8, 4) is 56.4 Å². The van der Waals surface area contributed by atoms with Crippen LogP contribution in [-0.4, -0.2) is 15.0 Å². The molecule has 4 heteroatoms. The van der Waals surface area contributed by atoms with Crippen molar-refractivity contribution in [3.05, 3.63) is 151 Å². The summed E-state index contributed by atoms with van der Waals surface area (Å²) in [6.07, 6.45) is 0.964. The number of nitrogens with zero attached hydrogens (tertiary/aromatic N) is 3. The van der Waals surface area contributed by atoms with Crippen molar-refractivity contribution in [1.29, 1.82) is 0 Å². The maximum absolute atomic E-state index is 6.48. The molecule has 0 spiro atoms. The van der Waals surface area contributed by atoms with E-state index in [1.165, 1.54) is 22.3 Å². The predicted octanol–water partition coefficient (Wildman–Crippen LogP) is 10.0. The van der Waals surface area contributed by atoms with E-state index >= 15 is 0 Å². The summed E-state index contributed by atoms with van der Waals surface area (Å²) in [6.45, 7) is 0. The molecule has 4 nitrogen and oxygen atoms in total. The molecular formula is C40H25N3O. The first-order valence-corrected chi connectivity index (χ1v) is 14.8. The van der Waals surface area contributed by atoms with Gasteiger partial charge in [0.25, 0.3) is 0 Å². The Morgan fingerprint density at radius 3 is 1.75 bits per heavy atom. The average Bonchev–Trinajstić information content (AvgIpc) is 3.66. The normalized spacial score (nSPS) is 12.0. The van der Waals surface area contributed by atoms with E-state index in [2.05, 4.69) is 66.7 Å². The summed E-state index contributed by atoms with van der Waals surface area (Å²) in [7, 11) is 0. The van der Waals surface area contributed by atoms with Gasteiger partial charge in [-0.3, -0.25) is 0 Å². The highest BCUT2D eigenvalue weighted by molar-refractivity contribution is 6.13. The van der Waals surface area contributed by atoms with Crippen LogP contribution in [0.5, 0.6) is 0 Å². The zero-order valence-electron chi connectivity index (χ0n) is 23.7. The molecule has 0 N–H and O–H groups in total. The fraction of sp³-hybridized carbons (Fsp3) is 0.0250. The zero-order valence-corrected chi connectivity index (χ0v) is 23.7. The molecule has 0 atom stereocenters. The summed E-state index contributed by atoms with van der Waals surface area (Å²) >= 11 is 0. The molecule has 0 saturated carbocycles. The van der Waals surface area contributed by atoms with E-state index in [0.29, 0.717) is 17.5 Å². The summed E-state index contributed by atoms with van der Waals surface area (Å²) in [5.74, 6) is 1.87. The number of aromatic nitrogens is 3. The molecule has 44 heavy (non-hydrogen) atoms. The van der Waals surface area contributed by atoms with Gasteiger partial charge in [0.05, 0.1) is 0 Å². The van der Waals surface area contributed by atoms with Gasteiger partial charge in [-0.15, -0.1) is 0 Å². The minimum absolute atomic E-state index is 0.604. The number of para-hydroxylation sites is 1. The van der Waals surface area contributed by atoms with E-state index in [9.17, 15) is 0 Å². The standard InChI is InChI=1S/C40H25N3O/c1-3-11-25(12-4-1)38-41-39(26-13-5-2-6-14-26)43-40(42-38)30-23-34(37-32-17-9-10-18-35(32)44-36(37)24-30)29-20-19-28-21-27-15-7-8-16-31(27)33(28)22-29/h1-20,22-24H,21H2. The largest absolute Gasteiger partial charge is 0.456 e. The first-order chi connectivity index (χ1) is 21.8. The lowest BCUT2D eigenvalue weighted by Crippen LogP contribution is -2.00. The predicted molar refractivity (Wildman–Crippen MR) is 177 cm³/mol. The van der Waals surface area contributed by atoms with Crippen molar-refractivity contribution in [1.82, 2.24) is 15.0 Å². The zero-order chi connectivity index (χ0) is 29.0. The van der Waals surface area contributed by atoms with Crippen LogP contribution in [0.3, 0.4) is 0 Å². The highest BCUT2D eigenvalue weighted by Crippen LogP contribution is 2.43. The third-order valence-corrected chi connectivity index (χ3v) is 8.55. The van der Waals surface area contributed by atoms with Gasteiger partial charge in [0.15, 0.2) is 17.5 Å². The first-order valence-electron chi connectivity index (χ1n) is 14.8. The van der Waals surface area contributed by atoms with Gasteiger partial charge < -0.3 is 4.42 Å². The van der Waals surface area contributed by atoms with Crippen LogP contribution >= 0.6 is 0 Å². The number of furan rings is 1. The molecule has 0 saturated heterocycles. The Bertz CT molecular complexity index is 2300. The van der Waals surface area contributed by atoms with Crippen LogP contribution in [-0.2, 0) is 6.42 Å². The third-order valence-electron chi connectivity index (χ3n) is 8.55. The monoisotopic (exact) mass is 563 g/mol. The van der Waals surface area contributed by atoms with E-state index in [1.54, 1.807) is 0 Å². The van der Waals surface area contributed by atoms with Crippen LogP contribution in [0.25, 0.3) is 78.4 Å². The van der Waals surface area contributed by atoms with Gasteiger partial charge in [0.2, 0.25) is 0 Å². The van der Waals surface area contributed by atoms with Gasteiger partial charge in [-0.1, -0.05) is 115 Å². The van der Waals surface area contributed by atoms with Crippen LogP contribution < -0.4 is 0 Å². The van der Waals surface area contributed by atoms with E-state index in [0.717, 1.165) is 56.2 Å². The molecule has 2 aromatic heterocycles. The molecule has 9 rings (SSSR count). The van der Waals surface area contributed by atoms with Gasteiger partial charge in [0, 0.05) is 27.5 Å². The maximum atomic E-state index is 6.48. The molecule has 2 heterocycles. The van der Waals surface area contributed by atoms with Crippen molar-refractivity contribution in [2.75, 3.05) is 0 Å². The SMILES string of the molecule is c1ccc(-c2nc(-c3ccccc3)nc(-c3cc(-c4ccc5c(c4)-c4ccccc4C5)c4c(c3)oc3ccccc34)n2)cc1. The van der Waals surface area contributed by atoms with E-state index in [-0.39, 0.29) is 0 Å². The first kappa shape index (κ1) is 24.7. The Balaban J connectivity index is 1.30. The molecule has 0 fully saturated rings. The van der Waals surface area contributed by atoms with E-state index < -0.39 is 0 Å². The number of benzene rings is 6. The number of hydrogen-bond donors (Lipinski definition) is 0. The Morgan fingerprint density at radius 1 is 0.409 bits per heavy atom. The van der Waals surface area contributed by atoms with Crippen molar-refractivity contribution in [3.63, 3.8) is 0 Å². The molecule has 0 bridgehead atoms. The molecule has 1 aliphatic rings. The summed E-state index contributed by atoms with van der Waals surface area (Å²) < 4.78 is 6.48. The molecule has 0 aliphatic heterocycles. The summed E-state index contributed by atoms with van der Waals surface area (Å²) in [6, 6.07) is 48.2. The fourth-order valence-electron chi connectivity index (χ4n) is 6.44. The minimum atomic E-state index is 0.604. The fourth-order valence-corrected chi connectivity index (χ4v) is 6.44.